The first kappa shape index (κ1) is 19.4. The van der Waals surface area contributed by atoms with Gasteiger partial charge >= 0.3 is 0 Å². The first-order valence-corrected chi connectivity index (χ1v) is 8.38. The van der Waals surface area contributed by atoms with Crippen LogP contribution in [-0.2, 0) is 9.59 Å². The molecule has 0 unspecified atom stereocenters. The largest absolute Gasteiger partial charge is 0.493 e. The van der Waals surface area contributed by atoms with Crippen LogP contribution in [0.4, 0.5) is 10.1 Å². The monoisotopic (exact) mass is 358 g/mol. The van der Waals surface area contributed by atoms with Crippen LogP contribution >= 0.6 is 0 Å². The van der Waals surface area contributed by atoms with Crippen LogP contribution in [0.2, 0.25) is 0 Å². The van der Waals surface area contributed by atoms with Crippen molar-refractivity contribution in [1.29, 1.82) is 0 Å². The van der Waals surface area contributed by atoms with Gasteiger partial charge in [-0.25, -0.2) is 4.39 Å². The Kier molecular flexibility index (Phi) is 6.72. The molecule has 0 heterocycles. The number of rotatable bonds is 7. The van der Waals surface area contributed by atoms with Crippen molar-refractivity contribution in [1.82, 2.24) is 5.32 Å². The Bertz CT molecular complexity index is 765. The quantitative estimate of drug-likeness (QED) is 0.798. The van der Waals surface area contributed by atoms with Crippen molar-refractivity contribution in [3.63, 3.8) is 0 Å². The second-order valence-corrected chi connectivity index (χ2v) is 6.15. The molecule has 0 radical (unpaired) electrons. The molecule has 5 nitrogen and oxygen atoms in total. The van der Waals surface area contributed by atoms with Gasteiger partial charge in [0.05, 0.1) is 19.6 Å². The van der Waals surface area contributed by atoms with Crippen LogP contribution in [0.1, 0.15) is 23.1 Å². The summed E-state index contributed by atoms with van der Waals surface area (Å²) < 4.78 is 18.1. The van der Waals surface area contributed by atoms with E-state index in [-0.39, 0.29) is 37.2 Å². The number of anilines is 1. The van der Waals surface area contributed by atoms with Crippen LogP contribution in [0, 0.1) is 26.6 Å². The minimum atomic E-state index is -0.347. The van der Waals surface area contributed by atoms with Crippen molar-refractivity contribution < 1.29 is 18.7 Å². The van der Waals surface area contributed by atoms with Gasteiger partial charge in [0.2, 0.25) is 11.8 Å². The summed E-state index contributed by atoms with van der Waals surface area (Å²) in [5.74, 6) is -0.435. The molecule has 0 aliphatic carbocycles. The zero-order valence-electron chi connectivity index (χ0n) is 15.2. The molecule has 0 fully saturated rings. The summed E-state index contributed by atoms with van der Waals surface area (Å²) in [6.07, 6.45) is 0.104. The van der Waals surface area contributed by atoms with Gasteiger partial charge in [-0.15, -0.1) is 0 Å². The minimum Gasteiger partial charge on any atom is -0.493 e. The first-order valence-electron chi connectivity index (χ1n) is 8.38. The Labute approximate surface area is 152 Å². The fraction of sp³-hybridized carbons (Fsp3) is 0.300. The van der Waals surface area contributed by atoms with E-state index in [9.17, 15) is 14.0 Å². The minimum absolute atomic E-state index is 0.104. The summed E-state index contributed by atoms with van der Waals surface area (Å²) in [4.78, 5) is 23.8. The molecule has 2 amide bonds. The topological polar surface area (TPSA) is 67.4 Å². The number of carbonyl (C=O) groups is 2. The molecule has 138 valence electrons. The number of hydrogen-bond donors (Lipinski definition) is 2. The molecular weight excluding hydrogens is 335 g/mol. The highest BCUT2D eigenvalue weighted by atomic mass is 19.1. The molecule has 0 saturated heterocycles. The Morgan fingerprint density at radius 3 is 2.23 bits per heavy atom. The summed E-state index contributed by atoms with van der Waals surface area (Å²) in [7, 11) is 0. The molecule has 26 heavy (non-hydrogen) atoms. The zero-order chi connectivity index (χ0) is 19.1. The van der Waals surface area contributed by atoms with Gasteiger partial charge < -0.3 is 15.4 Å². The van der Waals surface area contributed by atoms with Crippen LogP contribution in [0.3, 0.4) is 0 Å². The second kappa shape index (κ2) is 8.99. The molecule has 2 rings (SSSR count). The van der Waals surface area contributed by atoms with Crippen LogP contribution in [0.5, 0.6) is 5.75 Å². The Morgan fingerprint density at radius 2 is 1.62 bits per heavy atom. The summed E-state index contributed by atoms with van der Waals surface area (Å²) >= 11 is 0. The van der Waals surface area contributed by atoms with Crippen LogP contribution in [0.25, 0.3) is 0 Å². The van der Waals surface area contributed by atoms with E-state index in [0.717, 1.165) is 22.4 Å². The van der Waals surface area contributed by atoms with E-state index in [0.29, 0.717) is 5.75 Å². The number of amides is 2. The maximum Gasteiger partial charge on any atom is 0.243 e. The number of ether oxygens (including phenoxy) is 1. The number of aryl methyl sites for hydroxylation is 3. The summed E-state index contributed by atoms with van der Waals surface area (Å²) in [6.45, 7) is 5.90. The number of hydrogen-bond acceptors (Lipinski definition) is 3. The molecule has 6 heteroatoms. The molecule has 2 aromatic carbocycles. The summed E-state index contributed by atoms with van der Waals surface area (Å²) in [5.41, 5.74) is 3.87. The van der Waals surface area contributed by atoms with E-state index in [2.05, 4.69) is 10.6 Å². The fourth-order valence-corrected chi connectivity index (χ4v) is 2.62. The average Bonchev–Trinajstić information content (AvgIpc) is 2.58. The molecule has 0 bridgehead atoms. The SMILES string of the molecule is Cc1cc(C)c(NC(=O)CNC(=O)CCOc2ccc(F)cc2)c(C)c1. The highest BCUT2D eigenvalue weighted by Crippen LogP contribution is 2.21. The Balaban J connectivity index is 1.73. The van der Waals surface area contributed by atoms with Gasteiger partial charge in [0.1, 0.15) is 11.6 Å². The van der Waals surface area contributed by atoms with Crippen molar-refractivity contribution in [3.8, 4) is 5.75 Å². The molecule has 2 aromatic rings. The first-order chi connectivity index (χ1) is 12.3. The lowest BCUT2D eigenvalue weighted by molar-refractivity contribution is -0.124. The van der Waals surface area contributed by atoms with Crippen molar-refractivity contribution in [2.45, 2.75) is 27.2 Å². The number of halogens is 1. The van der Waals surface area contributed by atoms with Crippen LogP contribution in [-0.4, -0.2) is 25.0 Å². The molecule has 0 saturated carbocycles. The maximum absolute atomic E-state index is 12.8. The molecule has 0 spiro atoms. The Morgan fingerprint density at radius 1 is 1.00 bits per heavy atom. The normalized spacial score (nSPS) is 10.3. The number of carbonyl (C=O) groups excluding carboxylic acids is 2. The third-order valence-corrected chi connectivity index (χ3v) is 3.80. The smallest absolute Gasteiger partial charge is 0.243 e. The van der Waals surface area contributed by atoms with Crippen molar-refractivity contribution in [2.75, 3.05) is 18.5 Å². The fourth-order valence-electron chi connectivity index (χ4n) is 2.62. The van der Waals surface area contributed by atoms with E-state index >= 15 is 0 Å². The van der Waals surface area contributed by atoms with Gasteiger partial charge in [-0.05, 0) is 56.2 Å². The molecule has 0 aliphatic rings. The van der Waals surface area contributed by atoms with Crippen LogP contribution in [0.15, 0.2) is 36.4 Å². The van der Waals surface area contributed by atoms with E-state index in [1.807, 2.05) is 32.9 Å². The van der Waals surface area contributed by atoms with Gasteiger partial charge in [-0.2, -0.15) is 0 Å². The predicted molar refractivity (Wildman–Crippen MR) is 98.8 cm³/mol. The van der Waals surface area contributed by atoms with Crippen molar-refractivity contribution in [2.24, 2.45) is 0 Å². The van der Waals surface area contributed by atoms with E-state index < -0.39 is 0 Å². The highest BCUT2D eigenvalue weighted by molar-refractivity contribution is 5.95. The van der Waals surface area contributed by atoms with E-state index in [4.69, 9.17) is 4.74 Å². The van der Waals surface area contributed by atoms with Gasteiger partial charge in [0.15, 0.2) is 0 Å². The third kappa shape index (κ3) is 5.88. The third-order valence-electron chi connectivity index (χ3n) is 3.80. The standard InChI is InChI=1S/C20H23FN2O3/c1-13-10-14(2)20(15(3)11-13)23-19(25)12-22-18(24)8-9-26-17-6-4-16(21)5-7-17/h4-7,10-11H,8-9,12H2,1-3H3,(H,22,24)(H,23,25). The zero-order valence-corrected chi connectivity index (χ0v) is 15.2. The van der Waals surface area contributed by atoms with E-state index in [1.54, 1.807) is 0 Å². The molecule has 0 atom stereocenters. The van der Waals surface area contributed by atoms with Gasteiger partial charge in [-0.3, -0.25) is 9.59 Å². The molecular formula is C20H23FN2O3. The Hall–Kier alpha value is -2.89. The lowest BCUT2D eigenvalue weighted by Crippen LogP contribution is -2.33. The van der Waals surface area contributed by atoms with Crippen LogP contribution < -0.4 is 15.4 Å². The van der Waals surface area contributed by atoms with Crippen molar-refractivity contribution >= 4 is 17.5 Å². The second-order valence-electron chi connectivity index (χ2n) is 6.15. The van der Waals surface area contributed by atoms with Gasteiger partial charge in [-0.1, -0.05) is 17.7 Å². The van der Waals surface area contributed by atoms with Crippen molar-refractivity contribution in [3.05, 3.63) is 58.9 Å². The predicted octanol–water partition coefficient (Wildman–Crippen LogP) is 3.27. The number of nitrogens with one attached hydrogen (secondary N) is 2. The van der Waals surface area contributed by atoms with E-state index in [1.165, 1.54) is 24.3 Å². The van der Waals surface area contributed by atoms with Gasteiger partial charge in [0, 0.05) is 5.69 Å². The number of benzene rings is 2. The highest BCUT2D eigenvalue weighted by Gasteiger charge is 2.10. The summed E-state index contributed by atoms with van der Waals surface area (Å²) in [6, 6.07) is 9.55. The lowest BCUT2D eigenvalue weighted by Gasteiger charge is -2.13. The lowest BCUT2D eigenvalue weighted by atomic mass is 10.1. The summed E-state index contributed by atoms with van der Waals surface area (Å²) in [5, 5.41) is 5.39. The molecule has 0 aliphatic heterocycles. The molecule has 0 aromatic heterocycles. The molecule has 2 N–H and O–H groups in total. The average molecular weight is 358 g/mol. The van der Waals surface area contributed by atoms with Gasteiger partial charge in [0.25, 0.3) is 0 Å². The maximum atomic E-state index is 12.8.